The Kier molecular flexibility index (Phi) is 5.07. The Morgan fingerprint density at radius 1 is 1.08 bits per heavy atom. The maximum atomic E-state index is 12.9. The first-order valence-corrected chi connectivity index (χ1v) is 11.9. The first-order chi connectivity index (χ1) is 17.5. The molecule has 4 aromatic rings. The highest BCUT2D eigenvalue weighted by atomic mass is 16.1. The van der Waals surface area contributed by atoms with Gasteiger partial charge in [0.2, 0.25) is 0 Å². The number of allylic oxidation sites excluding steroid dienone is 2. The highest BCUT2D eigenvalue weighted by Crippen LogP contribution is 2.51. The molecule has 0 spiro atoms. The fourth-order valence-corrected chi connectivity index (χ4v) is 5.86. The fourth-order valence-electron chi connectivity index (χ4n) is 5.86. The lowest BCUT2D eigenvalue weighted by Crippen LogP contribution is -2.46. The number of ketones is 1. The maximum absolute atomic E-state index is 12.9. The minimum atomic E-state index is -0.562. The van der Waals surface area contributed by atoms with Crippen LogP contribution in [0.2, 0.25) is 0 Å². The van der Waals surface area contributed by atoms with E-state index in [2.05, 4.69) is 27.9 Å². The molecule has 0 radical (unpaired) electrons. The van der Waals surface area contributed by atoms with Crippen LogP contribution in [0, 0.1) is 23.2 Å². The highest BCUT2D eigenvalue weighted by Gasteiger charge is 2.51. The number of hydrogen-bond acceptors (Lipinski definition) is 7. The van der Waals surface area contributed by atoms with Gasteiger partial charge in [-0.2, -0.15) is 10.4 Å². The van der Waals surface area contributed by atoms with Gasteiger partial charge in [0.15, 0.2) is 11.6 Å². The normalized spacial score (nSPS) is 22.8. The predicted molar refractivity (Wildman–Crippen MR) is 133 cm³/mol. The molecule has 0 fully saturated rings. The van der Waals surface area contributed by atoms with Crippen molar-refractivity contribution in [2.45, 2.75) is 32.1 Å². The molecule has 0 bridgehead atoms. The number of fused-ring (bicyclic) bond motifs is 3. The Bertz CT molecular complexity index is 1530. The van der Waals surface area contributed by atoms with Gasteiger partial charge in [-0.05, 0) is 43.0 Å². The van der Waals surface area contributed by atoms with Crippen LogP contribution in [-0.2, 0) is 16.6 Å². The zero-order valence-electron chi connectivity index (χ0n) is 20.0. The van der Waals surface area contributed by atoms with E-state index in [1.807, 2.05) is 54.2 Å². The average Bonchev–Trinajstić information content (AvgIpc) is 3.33. The largest absolute Gasteiger partial charge is 0.293 e. The van der Waals surface area contributed by atoms with Gasteiger partial charge in [-0.1, -0.05) is 26.0 Å². The molecule has 8 heteroatoms. The van der Waals surface area contributed by atoms with Crippen molar-refractivity contribution < 1.29 is 4.79 Å². The van der Waals surface area contributed by atoms with Crippen molar-refractivity contribution in [3.63, 3.8) is 0 Å². The molecule has 2 aliphatic carbocycles. The number of Topliss-reactive ketones (excluding diaryl/α,β-unsaturated/α-hetero) is 1. The minimum absolute atomic E-state index is 0.0537. The zero-order chi connectivity index (χ0) is 24.9. The van der Waals surface area contributed by atoms with Crippen LogP contribution in [0.1, 0.15) is 31.5 Å². The van der Waals surface area contributed by atoms with Gasteiger partial charge in [-0.15, -0.1) is 0 Å². The molecule has 0 aliphatic heterocycles. The van der Waals surface area contributed by atoms with Crippen molar-refractivity contribution >= 4 is 5.78 Å². The van der Waals surface area contributed by atoms with Crippen LogP contribution < -0.4 is 0 Å². The first kappa shape index (κ1) is 22.0. The predicted octanol–water partition coefficient (Wildman–Crippen LogP) is 4.28. The Morgan fingerprint density at radius 3 is 2.64 bits per heavy atom. The topological polar surface area (TPSA) is 110 Å². The molecule has 8 nitrogen and oxygen atoms in total. The smallest absolute Gasteiger partial charge is 0.176 e. The summed E-state index contributed by atoms with van der Waals surface area (Å²) in [5.41, 5.74) is 5.13. The molecule has 0 saturated heterocycles. The van der Waals surface area contributed by atoms with Crippen LogP contribution in [0.15, 0.2) is 73.1 Å². The minimum Gasteiger partial charge on any atom is -0.293 e. The Morgan fingerprint density at radius 2 is 1.94 bits per heavy atom. The lowest BCUT2D eigenvalue weighted by atomic mass is 9.58. The molecule has 0 aromatic carbocycles. The summed E-state index contributed by atoms with van der Waals surface area (Å²) in [6.07, 6.45) is 12.0. The zero-order valence-corrected chi connectivity index (χ0v) is 20.0. The van der Waals surface area contributed by atoms with Crippen molar-refractivity contribution in [2.24, 2.45) is 11.8 Å². The second-order valence-electron chi connectivity index (χ2n) is 9.58. The van der Waals surface area contributed by atoms with Gasteiger partial charge in [0.25, 0.3) is 0 Å². The molecule has 6 rings (SSSR count). The molecular weight excluding hydrogens is 450 g/mol. The standard InChI is InChI=1S/C28H23N7O/c1-17-22-7-6-21-25(23-9-11-31-16-33-23)34-35(27(21)28(22,2)12-20(13-29)26(17)36)24-8-5-19(15-32-24)18-4-3-10-30-14-18/h3-5,8-12,14-17,22H,6-7H2,1-2H3/t17-,22-,28-/m1/s1. The molecule has 0 unspecified atom stereocenters. The van der Waals surface area contributed by atoms with E-state index in [1.54, 1.807) is 18.6 Å². The van der Waals surface area contributed by atoms with Crippen molar-refractivity contribution in [2.75, 3.05) is 0 Å². The Hall–Kier alpha value is -4.51. The van der Waals surface area contributed by atoms with E-state index in [9.17, 15) is 10.1 Å². The van der Waals surface area contributed by atoms with Gasteiger partial charge in [-0.3, -0.25) is 9.78 Å². The summed E-state index contributed by atoms with van der Waals surface area (Å²) in [6, 6.07) is 11.8. The summed E-state index contributed by atoms with van der Waals surface area (Å²) >= 11 is 0. The summed E-state index contributed by atoms with van der Waals surface area (Å²) < 4.78 is 1.87. The van der Waals surface area contributed by atoms with Gasteiger partial charge in [-0.25, -0.2) is 19.6 Å². The number of aromatic nitrogens is 6. The van der Waals surface area contributed by atoms with E-state index in [-0.39, 0.29) is 23.2 Å². The van der Waals surface area contributed by atoms with E-state index in [1.165, 1.54) is 6.33 Å². The van der Waals surface area contributed by atoms with Crippen LogP contribution >= 0.6 is 0 Å². The number of rotatable bonds is 3. The monoisotopic (exact) mass is 473 g/mol. The van der Waals surface area contributed by atoms with E-state index >= 15 is 0 Å². The van der Waals surface area contributed by atoms with Crippen molar-refractivity contribution in [1.29, 1.82) is 5.26 Å². The van der Waals surface area contributed by atoms with E-state index in [0.717, 1.165) is 46.6 Å². The van der Waals surface area contributed by atoms with Crippen molar-refractivity contribution in [3.05, 3.63) is 84.4 Å². The van der Waals surface area contributed by atoms with Crippen LogP contribution in [0.5, 0.6) is 0 Å². The van der Waals surface area contributed by atoms with Crippen molar-refractivity contribution in [3.8, 4) is 34.4 Å². The van der Waals surface area contributed by atoms with Gasteiger partial charge >= 0.3 is 0 Å². The van der Waals surface area contributed by atoms with Gasteiger partial charge in [0, 0.05) is 52.8 Å². The molecular formula is C28H23N7O. The molecule has 4 aromatic heterocycles. The first-order valence-electron chi connectivity index (χ1n) is 11.9. The molecule has 36 heavy (non-hydrogen) atoms. The van der Waals surface area contributed by atoms with Gasteiger partial charge in [0.1, 0.15) is 18.1 Å². The van der Waals surface area contributed by atoms with E-state index in [4.69, 9.17) is 10.1 Å². The molecule has 0 saturated carbocycles. The summed E-state index contributed by atoms with van der Waals surface area (Å²) in [5, 5.41) is 14.8. The number of pyridine rings is 2. The van der Waals surface area contributed by atoms with Crippen LogP contribution in [-0.4, -0.2) is 35.5 Å². The number of nitrogens with zero attached hydrogens (tertiary/aromatic N) is 7. The SMILES string of the molecule is C[C@H]1C(=O)C(C#N)=C[C@@]2(C)c3c(c(-c4ccncn4)nn3-c3ccc(-c4cccnc4)cn3)CC[C@H]12. The lowest BCUT2D eigenvalue weighted by Gasteiger charge is -2.45. The second kappa shape index (κ2) is 8.31. The molecule has 0 N–H and O–H groups in total. The number of nitriles is 1. The summed E-state index contributed by atoms with van der Waals surface area (Å²) in [7, 11) is 0. The van der Waals surface area contributed by atoms with Gasteiger partial charge in [0.05, 0.1) is 17.0 Å². The van der Waals surface area contributed by atoms with Crippen LogP contribution in [0.25, 0.3) is 28.3 Å². The van der Waals surface area contributed by atoms with E-state index in [0.29, 0.717) is 5.82 Å². The van der Waals surface area contributed by atoms with Crippen LogP contribution in [0.3, 0.4) is 0 Å². The summed E-state index contributed by atoms with van der Waals surface area (Å²) in [4.78, 5) is 30.4. The maximum Gasteiger partial charge on any atom is 0.176 e. The third-order valence-electron chi connectivity index (χ3n) is 7.60. The fraction of sp³-hybridized carbons (Fsp3) is 0.250. The second-order valence-corrected chi connectivity index (χ2v) is 9.58. The molecule has 2 aliphatic rings. The Balaban J connectivity index is 1.57. The van der Waals surface area contributed by atoms with Crippen molar-refractivity contribution in [1.82, 2.24) is 29.7 Å². The highest BCUT2D eigenvalue weighted by molar-refractivity contribution is 6.02. The Labute approximate surface area is 208 Å². The van der Waals surface area contributed by atoms with Crippen LogP contribution in [0.4, 0.5) is 0 Å². The molecule has 176 valence electrons. The third kappa shape index (κ3) is 3.28. The molecule has 4 heterocycles. The lowest BCUT2D eigenvalue weighted by molar-refractivity contribution is -0.121. The summed E-state index contributed by atoms with van der Waals surface area (Å²) in [6.45, 7) is 4.05. The number of carbonyl (C=O) groups excluding carboxylic acids is 1. The number of carbonyl (C=O) groups is 1. The molecule has 0 amide bonds. The van der Waals surface area contributed by atoms with E-state index < -0.39 is 5.41 Å². The summed E-state index contributed by atoms with van der Waals surface area (Å²) in [5.74, 6) is 0.384. The molecule has 3 atom stereocenters. The van der Waals surface area contributed by atoms with Gasteiger partial charge < -0.3 is 0 Å². The quantitative estimate of drug-likeness (QED) is 0.437. The third-order valence-corrected chi connectivity index (χ3v) is 7.60. The number of hydrogen-bond donors (Lipinski definition) is 0. The average molecular weight is 474 g/mol.